The van der Waals surface area contributed by atoms with E-state index in [1.165, 1.54) is 6.07 Å². The maximum absolute atomic E-state index is 14.8. The Morgan fingerprint density at radius 3 is 1.83 bits per heavy atom. The molecule has 30 heavy (non-hydrogen) atoms. The van der Waals surface area contributed by atoms with Gasteiger partial charge in [-0.3, -0.25) is 0 Å². The molecule has 0 radical (unpaired) electrons. The Bertz CT molecular complexity index is 1180. The molecule has 152 valence electrons. The van der Waals surface area contributed by atoms with Crippen molar-refractivity contribution in [2.45, 2.75) is 19.9 Å². The second-order valence-corrected chi connectivity index (χ2v) is 7.20. The molecule has 4 aromatic rings. The van der Waals surface area contributed by atoms with Crippen LogP contribution in [0.25, 0.3) is 33.6 Å². The fraction of sp³-hybridized carbons (Fsp3) is 0.120. The summed E-state index contributed by atoms with van der Waals surface area (Å²) in [5, 5.41) is 29.1. The van der Waals surface area contributed by atoms with Gasteiger partial charge < -0.3 is 19.9 Å². The third kappa shape index (κ3) is 3.62. The summed E-state index contributed by atoms with van der Waals surface area (Å²) in [6.07, 6.45) is 0.863. The lowest BCUT2D eigenvalue weighted by Gasteiger charge is -2.15. The van der Waals surface area contributed by atoms with E-state index < -0.39 is 5.82 Å². The Labute approximate surface area is 174 Å². The predicted molar refractivity (Wildman–Crippen MR) is 116 cm³/mol. The largest absolute Gasteiger partial charge is 0.508 e. The van der Waals surface area contributed by atoms with E-state index in [9.17, 15) is 19.7 Å². The summed E-state index contributed by atoms with van der Waals surface area (Å²) in [4.78, 5) is 0. The van der Waals surface area contributed by atoms with Crippen molar-refractivity contribution in [1.29, 1.82) is 0 Å². The van der Waals surface area contributed by atoms with E-state index in [1.54, 1.807) is 42.5 Å². The molecule has 0 aliphatic heterocycles. The first-order valence-electron chi connectivity index (χ1n) is 9.79. The summed E-state index contributed by atoms with van der Waals surface area (Å²) >= 11 is 0. The molecule has 0 fully saturated rings. The number of aromatic nitrogens is 1. The zero-order chi connectivity index (χ0) is 21.3. The molecular weight excluding hydrogens is 381 g/mol. The van der Waals surface area contributed by atoms with Crippen molar-refractivity contribution < 1.29 is 19.7 Å². The zero-order valence-electron chi connectivity index (χ0n) is 16.5. The lowest BCUT2D eigenvalue weighted by Crippen LogP contribution is -2.02. The molecular formula is C25H22FNO3. The van der Waals surface area contributed by atoms with Crippen molar-refractivity contribution in [3.05, 3.63) is 78.6 Å². The molecule has 0 bridgehead atoms. The van der Waals surface area contributed by atoms with Crippen LogP contribution in [0.15, 0.2) is 72.8 Å². The Morgan fingerprint density at radius 2 is 1.27 bits per heavy atom. The van der Waals surface area contributed by atoms with Crippen molar-refractivity contribution in [3.8, 4) is 50.9 Å². The Balaban J connectivity index is 2.03. The number of benzene rings is 3. The molecule has 3 aromatic carbocycles. The first-order chi connectivity index (χ1) is 14.5. The second kappa shape index (κ2) is 7.95. The van der Waals surface area contributed by atoms with Crippen LogP contribution < -0.4 is 0 Å². The number of phenolic OH excluding ortho intramolecular Hbond substituents is 3. The monoisotopic (exact) mass is 403 g/mol. The number of rotatable bonds is 5. The molecule has 1 heterocycles. The van der Waals surface area contributed by atoms with E-state index in [4.69, 9.17) is 0 Å². The average Bonchev–Trinajstić information content (AvgIpc) is 3.08. The van der Waals surface area contributed by atoms with Gasteiger partial charge in [-0.25, -0.2) is 4.39 Å². The highest BCUT2D eigenvalue weighted by Crippen LogP contribution is 2.41. The fourth-order valence-corrected chi connectivity index (χ4v) is 3.73. The normalized spacial score (nSPS) is 11.0. The molecule has 0 unspecified atom stereocenters. The number of hydrogen-bond donors (Lipinski definition) is 3. The van der Waals surface area contributed by atoms with Gasteiger partial charge in [0.2, 0.25) is 0 Å². The second-order valence-electron chi connectivity index (χ2n) is 7.20. The van der Waals surface area contributed by atoms with Gasteiger partial charge in [-0.15, -0.1) is 0 Å². The molecule has 0 aliphatic rings. The third-order valence-electron chi connectivity index (χ3n) is 5.09. The van der Waals surface area contributed by atoms with Gasteiger partial charge in [0.05, 0.1) is 5.69 Å². The summed E-state index contributed by atoms with van der Waals surface area (Å²) in [6, 6.07) is 19.8. The number of aromatic hydroxyl groups is 3. The number of hydrogen-bond acceptors (Lipinski definition) is 3. The molecule has 5 heteroatoms. The van der Waals surface area contributed by atoms with Gasteiger partial charge in [-0.2, -0.15) is 0 Å². The van der Waals surface area contributed by atoms with E-state index >= 15 is 0 Å². The Kier molecular flexibility index (Phi) is 5.19. The predicted octanol–water partition coefficient (Wildman–Crippen LogP) is 6.16. The molecule has 3 N–H and O–H groups in total. The van der Waals surface area contributed by atoms with Gasteiger partial charge in [0.15, 0.2) is 0 Å². The lowest BCUT2D eigenvalue weighted by atomic mass is 10.00. The summed E-state index contributed by atoms with van der Waals surface area (Å²) in [7, 11) is 0. The van der Waals surface area contributed by atoms with Crippen LogP contribution in [0.2, 0.25) is 0 Å². The highest BCUT2D eigenvalue weighted by Gasteiger charge is 2.21. The van der Waals surface area contributed by atoms with Gasteiger partial charge in [0.1, 0.15) is 23.1 Å². The van der Waals surface area contributed by atoms with Crippen molar-refractivity contribution >= 4 is 0 Å². The highest BCUT2D eigenvalue weighted by molar-refractivity contribution is 5.87. The number of halogens is 1. The average molecular weight is 403 g/mol. The molecule has 0 atom stereocenters. The van der Waals surface area contributed by atoms with Crippen LogP contribution in [-0.2, 0) is 6.54 Å². The minimum Gasteiger partial charge on any atom is -0.508 e. The minimum absolute atomic E-state index is 0.130. The van der Waals surface area contributed by atoms with Crippen molar-refractivity contribution in [1.82, 2.24) is 4.57 Å². The van der Waals surface area contributed by atoms with Crippen LogP contribution in [0.3, 0.4) is 0 Å². The van der Waals surface area contributed by atoms with E-state index in [1.807, 2.05) is 18.2 Å². The van der Waals surface area contributed by atoms with Crippen molar-refractivity contribution in [2.75, 3.05) is 0 Å². The van der Waals surface area contributed by atoms with E-state index in [0.29, 0.717) is 17.7 Å². The first-order valence-corrected chi connectivity index (χ1v) is 9.79. The van der Waals surface area contributed by atoms with Crippen LogP contribution in [-0.4, -0.2) is 19.9 Å². The molecule has 0 saturated heterocycles. The molecule has 0 saturated carbocycles. The van der Waals surface area contributed by atoms with Crippen LogP contribution in [0.1, 0.15) is 13.3 Å². The highest BCUT2D eigenvalue weighted by atomic mass is 19.1. The zero-order valence-corrected chi connectivity index (χ0v) is 16.5. The van der Waals surface area contributed by atoms with Crippen LogP contribution in [0.4, 0.5) is 4.39 Å². The lowest BCUT2D eigenvalue weighted by molar-refractivity contribution is 0.469. The summed E-state index contributed by atoms with van der Waals surface area (Å²) in [5.74, 6) is -0.311. The maximum atomic E-state index is 14.8. The topological polar surface area (TPSA) is 65.6 Å². The standard InChI is InChI=1S/C25H22FNO3/c1-2-13-27-24(16-3-7-18(28)8-4-16)15-22(21-12-11-20(30)14-23(21)26)25(27)17-5-9-19(29)10-6-17/h3-12,14-15,28-30H,2,13H2,1H3. The molecule has 0 aliphatic carbocycles. The van der Waals surface area contributed by atoms with Crippen LogP contribution in [0, 0.1) is 5.82 Å². The SMILES string of the molecule is CCCn1c(-c2ccc(O)cc2)cc(-c2ccc(O)cc2F)c1-c1ccc(O)cc1. The molecule has 4 nitrogen and oxygen atoms in total. The molecule has 1 aromatic heterocycles. The maximum Gasteiger partial charge on any atom is 0.134 e. The van der Waals surface area contributed by atoms with E-state index in [-0.39, 0.29) is 17.2 Å². The summed E-state index contributed by atoms with van der Waals surface area (Å²) in [5.41, 5.74) is 4.52. The van der Waals surface area contributed by atoms with Gasteiger partial charge in [-0.05, 0) is 84.3 Å². The van der Waals surface area contributed by atoms with Crippen LogP contribution >= 0.6 is 0 Å². The molecule has 4 rings (SSSR count). The van der Waals surface area contributed by atoms with Gasteiger partial charge in [0, 0.05) is 29.4 Å². The quantitative estimate of drug-likeness (QED) is 0.374. The van der Waals surface area contributed by atoms with Crippen molar-refractivity contribution in [3.63, 3.8) is 0 Å². The fourth-order valence-electron chi connectivity index (χ4n) is 3.73. The first kappa shape index (κ1) is 19.6. The van der Waals surface area contributed by atoms with Crippen LogP contribution in [0.5, 0.6) is 17.2 Å². The van der Waals surface area contributed by atoms with Gasteiger partial charge in [-0.1, -0.05) is 6.92 Å². The third-order valence-corrected chi connectivity index (χ3v) is 5.09. The summed E-state index contributed by atoms with van der Waals surface area (Å²) < 4.78 is 17.0. The number of nitrogens with zero attached hydrogens (tertiary/aromatic N) is 1. The van der Waals surface area contributed by atoms with Crippen molar-refractivity contribution in [2.24, 2.45) is 0 Å². The molecule has 0 spiro atoms. The molecule has 0 amide bonds. The van der Waals surface area contributed by atoms with Gasteiger partial charge in [0.25, 0.3) is 0 Å². The van der Waals surface area contributed by atoms with E-state index in [2.05, 4.69) is 11.5 Å². The minimum atomic E-state index is -0.513. The Morgan fingerprint density at radius 1 is 0.700 bits per heavy atom. The van der Waals surface area contributed by atoms with E-state index in [0.717, 1.165) is 35.0 Å². The Hall–Kier alpha value is -3.73. The smallest absolute Gasteiger partial charge is 0.134 e. The van der Waals surface area contributed by atoms with Gasteiger partial charge >= 0.3 is 0 Å². The summed E-state index contributed by atoms with van der Waals surface area (Å²) in [6.45, 7) is 2.77. The number of phenols is 3.